The standard InChI is InChI=1S/C11H16N2O/c1-9-4-3-5-10(12-9)11-8-13(2)6-7-14-11/h3-5,11H,6-8H2,1-2H3/t11-/m1/s1. The van der Waals surface area contributed by atoms with Crippen molar-refractivity contribution in [2.75, 3.05) is 26.7 Å². The minimum absolute atomic E-state index is 0.147. The highest BCUT2D eigenvalue weighted by Gasteiger charge is 2.20. The first-order valence-electron chi connectivity index (χ1n) is 4.99. The number of ether oxygens (including phenoxy) is 1. The lowest BCUT2D eigenvalue weighted by Gasteiger charge is -2.29. The number of nitrogens with zero attached hydrogens (tertiary/aromatic N) is 2. The van der Waals surface area contributed by atoms with Crippen LogP contribution in [-0.4, -0.2) is 36.6 Å². The van der Waals surface area contributed by atoms with Gasteiger partial charge in [0.05, 0.1) is 12.3 Å². The van der Waals surface area contributed by atoms with Gasteiger partial charge < -0.3 is 9.64 Å². The van der Waals surface area contributed by atoms with Crippen molar-refractivity contribution in [2.45, 2.75) is 13.0 Å². The number of rotatable bonds is 1. The van der Waals surface area contributed by atoms with Gasteiger partial charge in [-0.2, -0.15) is 0 Å². The molecule has 1 fully saturated rings. The first kappa shape index (κ1) is 9.62. The van der Waals surface area contributed by atoms with Crippen LogP contribution in [0.2, 0.25) is 0 Å². The maximum atomic E-state index is 5.69. The maximum absolute atomic E-state index is 5.69. The van der Waals surface area contributed by atoms with E-state index in [4.69, 9.17) is 4.74 Å². The molecule has 1 atom stereocenters. The Bertz CT molecular complexity index is 314. The maximum Gasteiger partial charge on any atom is 0.112 e. The van der Waals surface area contributed by atoms with Crippen LogP contribution in [-0.2, 0) is 4.74 Å². The van der Waals surface area contributed by atoms with E-state index in [1.54, 1.807) is 0 Å². The van der Waals surface area contributed by atoms with Crippen molar-refractivity contribution < 1.29 is 4.74 Å². The normalized spacial score (nSPS) is 23.7. The van der Waals surface area contributed by atoms with Crippen molar-refractivity contribution in [3.05, 3.63) is 29.6 Å². The van der Waals surface area contributed by atoms with Crippen molar-refractivity contribution in [3.63, 3.8) is 0 Å². The van der Waals surface area contributed by atoms with Crippen LogP contribution in [0.15, 0.2) is 18.2 Å². The lowest BCUT2D eigenvalue weighted by molar-refractivity contribution is -0.0231. The molecule has 1 aromatic heterocycles. The zero-order valence-electron chi connectivity index (χ0n) is 8.73. The van der Waals surface area contributed by atoms with Gasteiger partial charge in [-0.25, -0.2) is 0 Å². The van der Waals surface area contributed by atoms with Crippen LogP contribution < -0.4 is 0 Å². The third-order valence-corrected chi connectivity index (χ3v) is 2.51. The zero-order valence-corrected chi connectivity index (χ0v) is 8.73. The largest absolute Gasteiger partial charge is 0.369 e. The molecule has 0 bridgehead atoms. The van der Waals surface area contributed by atoms with E-state index in [1.807, 2.05) is 25.1 Å². The Balaban J connectivity index is 2.14. The molecule has 1 saturated heterocycles. The van der Waals surface area contributed by atoms with Gasteiger partial charge in [-0.1, -0.05) is 6.07 Å². The molecule has 0 amide bonds. The molecule has 2 rings (SSSR count). The Morgan fingerprint density at radius 3 is 3.07 bits per heavy atom. The molecule has 0 N–H and O–H groups in total. The van der Waals surface area contributed by atoms with E-state index in [0.717, 1.165) is 31.1 Å². The van der Waals surface area contributed by atoms with Crippen LogP contribution in [0, 0.1) is 6.92 Å². The van der Waals surface area contributed by atoms with E-state index in [2.05, 4.69) is 16.9 Å². The van der Waals surface area contributed by atoms with Crippen LogP contribution in [0.3, 0.4) is 0 Å². The molecular weight excluding hydrogens is 176 g/mol. The van der Waals surface area contributed by atoms with Gasteiger partial charge in [-0.3, -0.25) is 4.98 Å². The summed E-state index contributed by atoms with van der Waals surface area (Å²) in [5.41, 5.74) is 2.11. The van der Waals surface area contributed by atoms with E-state index < -0.39 is 0 Å². The minimum Gasteiger partial charge on any atom is -0.369 e. The molecule has 0 radical (unpaired) electrons. The molecule has 0 aliphatic carbocycles. The molecule has 1 aliphatic rings. The van der Waals surface area contributed by atoms with Gasteiger partial charge in [-0.15, -0.1) is 0 Å². The summed E-state index contributed by atoms with van der Waals surface area (Å²) in [6, 6.07) is 6.09. The Hall–Kier alpha value is -0.930. The van der Waals surface area contributed by atoms with Gasteiger partial charge in [0.2, 0.25) is 0 Å². The second kappa shape index (κ2) is 4.07. The van der Waals surface area contributed by atoms with Gasteiger partial charge in [0.1, 0.15) is 6.10 Å². The molecule has 0 aromatic carbocycles. The van der Waals surface area contributed by atoms with Gasteiger partial charge >= 0.3 is 0 Å². The fourth-order valence-corrected chi connectivity index (χ4v) is 1.70. The smallest absolute Gasteiger partial charge is 0.112 e. The van der Waals surface area contributed by atoms with Crippen LogP contribution in [0.25, 0.3) is 0 Å². The van der Waals surface area contributed by atoms with E-state index in [-0.39, 0.29) is 6.10 Å². The van der Waals surface area contributed by atoms with Crippen molar-refractivity contribution in [1.29, 1.82) is 0 Å². The summed E-state index contributed by atoms with van der Waals surface area (Å²) in [6.45, 7) is 4.77. The van der Waals surface area contributed by atoms with Gasteiger partial charge in [-0.05, 0) is 26.1 Å². The van der Waals surface area contributed by atoms with Gasteiger partial charge in [0.25, 0.3) is 0 Å². The lowest BCUT2D eigenvalue weighted by atomic mass is 10.2. The zero-order chi connectivity index (χ0) is 9.97. The molecular formula is C11H16N2O. The van der Waals surface area contributed by atoms with Crippen LogP contribution >= 0.6 is 0 Å². The molecule has 3 nitrogen and oxygen atoms in total. The Labute approximate surface area is 84.7 Å². The van der Waals surface area contributed by atoms with Crippen LogP contribution in [0.5, 0.6) is 0 Å². The summed E-state index contributed by atoms with van der Waals surface area (Å²) in [4.78, 5) is 6.76. The first-order chi connectivity index (χ1) is 6.75. The summed E-state index contributed by atoms with van der Waals surface area (Å²) in [6.07, 6.45) is 0.147. The number of hydrogen-bond donors (Lipinski definition) is 0. The van der Waals surface area contributed by atoms with Gasteiger partial charge in [0.15, 0.2) is 0 Å². The van der Waals surface area contributed by atoms with E-state index in [1.165, 1.54) is 0 Å². The monoisotopic (exact) mass is 192 g/mol. The van der Waals surface area contributed by atoms with Crippen LogP contribution in [0.1, 0.15) is 17.5 Å². The second-order valence-electron chi connectivity index (χ2n) is 3.83. The molecule has 14 heavy (non-hydrogen) atoms. The molecule has 1 aromatic rings. The SMILES string of the molecule is Cc1cccc([C@H]2CN(C)CCO2)n1. The summed E-state index contributed by atoms with van der Waals surface area (Å²) in [5.74, 6) is 0. The van der Waals surface area contributed by atoms with Gasteiger partial charge in [0, 0.05) is 18.8 Å². The Kier molecular flexibility index (Phi) is 2.79. The highest BCUT2D eigenvalue weighted by molar-refractivity contribution is 5.13. The fraction of sp³-hybridized carbons (Fsp3) is 0.545. The Morgan fingerprint density at radius 2 is 2.36 bits per heavy atom. The summed E-state index contributed by atoms with van der Waals surface area (Å²) in [5, 5.41) is 0. The summed E-state index contributed by atoms with van der Waals surface area (Å²) >= 11 is 0. The third-order valence-electron chi connectivity index (χ3n) is 2.51. The van der Waals surface area contributed by atoms with Crippen molar-refractivity contribution in [1.82, 2.24) is 9.88 Å². The predicted molar refractivity (Wildman–Crippen MR) is 55.2 cm³/mol. The fourth-order valence-electron chi connectivity index (χ4n) is 1.70. The predicted octanol–water partition coefficient (Wildman–Crippen LogP) is 1.39. The third kappa shape index (κ3) is 2.11. The number of aromatic nitrogens is 1. The average Bonchev–Trinajstić information content (AvgIpc) is 2.18. The summed E-state index contributed by atoms with van der Waals surface area (Å²) < 4.78 is 5.69. The van der Waals surface area contributed by atoms with Crippen molar-refractivity contribution >= 4 is 0 Å². The lowest BCUT2D eigenvalue weighted by Crippen LogP contribution is -2.35. The van der Waals surface area contributed by atoms with E-state index in [9.17, 15) is 0 Å². The number of hydrogen-bond acceptors (Lipinski definition) is 3. The molecule has 0 spiro atoms. The summed E-state index contributed by atoms with van der Waals surface area (Å²) in [7, 11) is 2.12. The molecule has 3 heteroatoms. The first-order valence-corrected chi connectivity index (χ1v) is 4.99. The highest BCUT2D eigenvalue weighted by atomic mass is 16.5. The second-order valence-corrected chi connectivity index (χ2v) is 3.83. The van der Waals surface area contributed by atoms with Crippen molar-refractivity contribution in [2.24, 2.45) is 0 Å². The molecule has 0 unspecified atom stereocenters. The molecule has 1 aliphatic heterocycles. The number of pyridine rings is 1. The van der Waals surface area contributed by atoms with Crippen molar-refractivity contribution in [3.8, 4) is 0 Å². The van der Waals surface area contributed by atoms with Crippen LogP contribution in [0.4, 0.5) is 0 Å². The van der Waals surface area contributed by atoms with E-state index >= 15 is 0 Å². The molecule has 2 heterocycles. The quantitative estimate of drug-likeness (QED) is 0.672. The number of likely N-dealkylation sites (N-methyl/N-ethyl adjacent to an activating group) is 1. The highest BCUT2D eigenvalue weighted by Crippen LogP contribution is 2.19. The number of morpholine rings is 1. The minimum atomic E-state index is 0.147. The average molecular weight is 192 g/mol. The molecule has 76 valence electrons. The number of aryl methyl sites for hydroxylation is 1. The Morgan fingerprint density at radius 1 is 1.50 bits per heavy atom. The molecule has 0 saturated carbocycles. The topological polar surface area (TPSA) is 25.4 Å². The van der Waals surface area contributed by atoms with E-state index in [0.29, 0.717) is 0 Å².